The van der Waals surface area contributed by atoms with E-state index in [1.165, 1.54) is 25.6 Å². The van der Waals surface area contributed by atoms with Crippen molar-refractivity contribution in [2.24, 2.45) is 0 Å². The van der Waals surface area contributed by atoms with E-state index in [1.54, 1.807) is 6.92 Å². The Morgan fingerprint density at radius 2 is 1.90 bits per heavy atom. The molecule has 5 atom stereocenters. The van der Waals surface area contributed by atoms with Crippen molar-refractivity contribution >= 4 is 23.7 Å². The van der Waals surface area contributed by atoms with Crippen LogP contribution in [0.15, 0.2) is 0 Å². The monoisotopic (exact) mass is 320 g/mol. The van der Waals surface area contributed by atoms with Gasteiger partial charge in [0, 0.05) is 20.8 Å². The Balaban J connectivity index is 2.15. The number of carbonyl (C=O) groups is 2. The lowest BCUT2D eigenvalue weighted by molar-refractivity contribution is -0.229. The first-order valence-corrected chi connectivity index (χ1v) is 7.79. The van der Waals surface area contributed by atoms with Crippen LogP contribution in [0.4, 0.5) is 0 Å². The van der Waals surface area contributed by atoms with E-state index >= 15 is 0 Å². The Bertz CT molecular complexity index is 415. The van der Waals surface area contributed by atoms with Crippen molar-refractivity contribution in [1.29, 1.82) is 0 Å². The number of fused-ring (bicyclic) bond motifs is 1. The van der Waals surface area contributed by atoms with E-state index < -0.39 is 41.7 Å². The second-order valence-corrected chi connectivity index (χ2v) is 6.53. The molecule has 0 saturated carbocycles. The summed E-state index contributed by atoms with van der Waals surface area (Å²) in [5.74, 6) is -0.149. The summed E-state index contributed by atoms with van der Waals surface area (Å²) >= 11 is 1.47. The number of carbonyl (C=O) groups excluding carboxylic acids is 2. The van der Waals surface area contributed by atoms with Gasteiger partial charge in [0.05, 0.1) is 6.61 Å². The molecule has 2 aliphatic heterocycles. The summed E-state index contributed by atoms with van der Waals surface area (Å²) in [4.78, 5) is 22.5. The van der Waals surface area contributed by atoms with Gasteiger partial charge in [0.25, 0.3) is 0 Å². The maximum Gasteiger partial charge on any atom is 0.303 e. The second kappa shape index (κ2) is 6.51. The van der Waals surface area contributed by atoms with E-state index in [4.69, 9.17) is 23.7 Å². The zero-order valence-corrected chi connectivity index (χ0v) is 13.3. The molecule has 0 amide bonds. The highest BCUT2D eigenvalue weighted by atomic mass is 32.2. The SMILES string of the molecule is CCS[C@]1(C)O[C@H]2OC[C@@H](OC(C)=O)[C@H](OC(C)=O)[C@H]2O1. The van der Waals surface area contributed by atoms with Gasteiger partial charge in [-0.05, 0) is 5.75 Å². The average molecular weight is 320 g/mol. The Hall–Kier alpha value is -0.830. The van der Waals surface area contributed by atoms with Crippen molar-refractivity contribution in [2.45, 2.75) is 57.4 Å². The maximum atomic E-state index is 11.3. The van der Waals surface area contributed by atoms with Gasteiger partial charge in [-0.2, -0.15) is 0 Å². The molecule has 7 nitrogen and oxygen atoms in total. The molecule has 0 spiro atoms. The molecule has 2 fully saturated rings. The van der Waals surface area contributed by atoms with Crippen LogP contribution in [0.5, 0.6) is 0 Å². The smallest absolute Gasteiger partial charge is 0.303 e. The normalized spacial score (nSPS) is 38.7. The van der Waals surface area contributed by atoms with Crippen LogP contribution in [0.2, 0.25) is 0 Å². The van der Waals surface area contributed by atoms with Crippen LogP contribution in [-0.4, -0.2) is 54.0 Å². The van der Waals surface area contributed by atoms with Crippen LogP contribution in [0.25, 0.3) is 0 Å². The summed E-state index contributed by atoms with van der Waals surface area (Å²) in [6.45, 7) is 6.45. The van der Waals surface area contributed by atoms with Crippen LogP contribution in [-0.2, 0) is 33.3 Å². The molecule has 0 N–H and O–H groups in total. The van der Waals surface area contributed by atoms with Crippen LogP contribution in [0.3, 0.4) is 0 Å². The fraction of sp³-hybridized carbons (Fsp3) is 0.846. The summed E-state index contributed by atoms with van der Waals surface area (Å²) < 4.78 is 27.6. The summed E-state index contributed by atoms with van der Waals surface area (Å²) in [7, 11) is 0. The lowest BCUT2D eigenvalue weighted by atomic mass is 10.1. The Kier molecular flexibility index (Phi) is 5.13. The summed E-state index contributed by atoms with van der Waals surface area (Å²) in [6, 6.07) is 0. The number of hydrogen-bond acceptors (Lipinski definition) is 8. The summed E-state index contributed by atoms with van der Waals surface area (Å²) in [5.41, 5.74) is 0. The minimum Gasteiger partial charge on any atom is -0.456 e. The van der Waals surface area contributed by atoms with Crippen LogP contribution >= 0.6 is 11.8 Å². The third-order valence-electron chi connectivity index (χ3n) is 3.09. The Labute approximate surface area is 127 Å². The first-order chi connectivity index (χ1) is 9.84. The summed E-state index contributed by atoms with van der Waals surface area (Å²) in [6.07, 6.45) is -2.73. The van der Waals surface area contributed by atoms with Gasteiger partial charge in [0.15, 0.2) is 24.6 Å². The third-order valence-corrected chi connectivity index (χ3v) is 4.10. The van der Waals surface area contributed by atoms with Gasteiger partial charge in [-0.1, -0.05) is 18.7 Å². The maximum absolute atomic E-state index is 11.3. The number of ether oxygens (including phenoxy) is 5. The fourth-order valence-corrected chi connectivity index (χ4v) is 3.30. The molecule has 0 bridgehead atoms. The minimum absolute atomic E-state index is 0.0922. The Morgan fingerprint density at radius 1 is 1.24 bits per heavy atom. The van der Waals surface area contributed by atoms with Crippen LogP contribution in [0.1, 0.15) is 27.7 Å². The van der Waals surface area contributed by atoms with Crippen LogP contribution < -0.4 is 0 Å². The number of rotatable bonds is 4. The molecule has 120 valence electrons. The first kappa shape index (κ1) is 16.5. The van der Waals surface area contributed by atoms with Crippen molar-refractivity contribution in [3.05, 3.63) is 0 Å². The predicted octanol–water partition coefficient (Wildman–Crippen LogP) is 1.05. The summed E-state index contributed by atoms with van der Waals surface area (Å²) in [5, 5.41) is -0.867. The molecular formula is C13H20O7S. The van der Waals surface area contributed by atoms with Gasteiger partial charge >= 0.3 is 11.9 Å². The van der Waals surface area contributed by atoms with E-state index in [9.17, 15) is 9.59 Å². The molecule has 2 saturated heterocycles. The number of thioether (sulfide) groups is 1. The van der Waals surface area contributed by atoms with Crippen molar-refractivity contribution in [3.63, 3.8) is 0 Å². The molecule has 0 aromatic heterocycles. The lowest BCUT2D eigenvalue weighted by Gasteiger charge is -2.36. The Morgan fingerprint density at radius 3 is 2.48 bits per heavy atom. The van der Waals surface area contributed by atoms with Gasteiger partial charge in [-0.25, -0.2) is 0 Å². The molecule has 2 heterocycles. The molecule has 0 radical (unpaired) electrons. The average Bonchev–Trinajstić information content (AvgIpc) is 2.68. The number of hydrogen-bond donors (Lipinski definition) is 0. The fourth-order valence-electron chi connectivity index (χ4n) is 2.43. The molecule has 0 aromatic carbocycles. The topological polar surface area (TPSA) is 80.3 Å². The first-order valence-electron chi connectivity index (χ1n) is 6.80. The molecule has 0 aromatic rings. The standard InChI is InChI=1S/C13H20O7S/c1-5-21-13(4)19-11-10(18-8(3)15)9(17-7(2)14)6-16-12(11)20-13/h9-12H,5-6H2,1-4H3/t9-,10+,11-,12-,13+/m1/s1. The van der Waals surface area contributed by atoms with Gasteiger partial charge in [-0.3, -0.25) is 9.59 Å². The van der Waals surface area contributed by atoms with Crippen LogP contribution in [0, 0.1) is 0 Å². The predicted molar refractivity (Wildman–Crippen MR) is 73.3 cm³/mol. The quantitative estimate of drug-likeness (QED) is 0.711. The van der Waals surface area contributed by atoms with E-state index in [2.05, 4.69) is 0 Å². The number of esters is 2. The lowest BCUT2D eigenvalue weighted by Crippen LogP contribution is -2.54. The van der Waals surface area contributed by atoms with Gasteiger partial charge < -0.3 is 23.7 Å². The van der Waals surface area contributed by atoms with E-state index in [1.807, 2.05) is 6.92 Å². The van der Waals surface area contributed by atoms with E-state index in [0.717, 1.165) is 5.75 Å². The molecule has 2 aliphatic rings. The molecule has 8 heteroatoms. The van der Waals surface area contributed by atoms with Crippen molar-refractivity contribution in [2.75, 3.05) is 12.4 Å². The van der Waals surface area contributed by atoms with Crippen molar-refractivity contribution in [3.8, 4) is 0 Å². The van der Waals surface area contributed by atoms with Crippen molar-refractivity contribution in [1.82, 2.24) is 0 Å². The van der Waals surface area contributed by atoms with Gasteiger partial charge in [0.2, 0.25) is 5.12 Å². The largest absolute Gasteiger partial charge is 0.456 e. The zero-order valence-electron chi connectivity index (χ0n) is 12.5. The zero-order chi connectivity index (χ0) is 15.6. The highest BCUT2D eigenvalue weighted by Gasteiger charge is 2.55. The van der Waals surface area contributed by atoms with Gasteiger partial charge in [0.1, 0.15) is 0 Å². The van der Waals surface area contributed by atoms with Crippen molar-refractivity contribution < 1.29 is 33.3 Å². The highest BCUT2D eigenvalue weighted by Crippen LogP contribution is 2.42. The van der Waals surface area contributed by atoms with Gasteiger partial charge in [-0.15, -0.1) is 0 Å². The van der Waals surface area contributed by atoms with E-state index in [-0.39, 0.29) is 6.61 Å². The molecule has 2 rings (SSSR count). The minimum atomic E-state index is -0.867. The molecular weight excluding hydrogens is 300 g/mol. The molecule has 0 aliphatic carbocycles. The second-order valence-electron chi connectivity index (χ2n) is 4.92. The highest BCUT2D eigenvalue weighted by molar-refractivity contribution is 8.00. The molecule has 0 unspecified atom stereocenters. The van der Waals surface area contributed by atoms with E-state index in [0.29, 0.717) is 0 Å². The third kappa shape index (κ3) is 3.88. The molecule has 21 heavy (non-hydrogen) atoms.